The lowest BCUT2D eigenvalue weighted by Crippen LogP contribution is -2.03. The molecule has 0 atom stereocenters. The van der Waals surface area contributed by atoms with E-state index in [-0.39, 0.29) is 0 Å². The van der Waals surface area contributed by atoms with E-state index in [0.29, 0.717) is 25.5 Å². The van der Waals surface area contributed by atoms with Crippen molar-refractivity contribution >= 4 is 0 Å². The van der Waals surface area contributed by atoms with Crippen LogP contribution in [0.1, 0.15) is 42.6 Å². The Kier molecular flexibility index (Phi) is 6.66. The Hall–Kier alpha value is -3.04. The molecule has 6 nitrogen and oxygen atoms in total. The van der Waals surface area contributed by atoms with E-state index in [2.05, 4.69) is 33.5 Å². The highest BCUT2D eigenvalue weighted by Gasteiger charge is 2.06. The van der Waals surface area contributed by atoms with Crippen molar-refractivity contribution in [2.24, 2.45) is 5.73 Å². The molecule has 27 heavy (non-hydrogen) atoms. The Morgan fingerprint density at radius 3 is 2.81 bits per heavy atom. The predicted molar refractivity (Wildman–Crippen MR) is 103 cm³/mol. The molecule has 0 fully saturated rings. The van der Waals surface area contributed by atoms with Gasteiger partial charge in [0.15, 0.2) is 0 Å². The lowest BCUT2D eigenvalue weighted by Gasteiger charge is -2.05. The number of benzene rings is 1. The third kappa shape index (κ3) is 5.47. The van der Waals surface area contributed by atoms with Gasteiger partial charge in [0.1, 0.15) is 17.3 Å². The fourth-order valence-electron chi connectivity index (χ4n) is 2.62. The van der Waals surface area contributed by atoms with Crippen molar-refractivity contribution in [1.82, 2.24) is 14.7 Å². The Balaban J connectivity index is 1.57. The second kappa shape index (κ2) is 9.60. The van der Waals surface area contributed by atoms with Crippen LogP contribution in [0, 0.1) is 11.8 Å². The predicted octanol–water partition coefficient (Wildman–Crippen LogP) is 3.00. The van der Waals surface area contributed by atoms with E-state index in [4.69, 9.17) is 15.0 Å². The summed E-state index contributed by atoms with van der Waals surface area (Å²) in [7, 11) is 0. The van der Waals surface area contributed by atoms with E-state index in [1.54, 1.807) is 6.20 Å². The number of rotatable bonds is 8. The SMILES string of the molecule is CCc1nccn1Cc1cc(C#Cc2ccc(OCCCCN)cc2)on1. The van der Waals surface area contributed by atoms with Crippen LogP contribution in [0.4, 0.5) is 0 Å². The largest absolute Gasteiger partial charge is 0.494 e. The van der Waals surface area contributed by atoms with E-state index in [1.807, 2.05) is 36.5 Å². The summed E-state index contributed by atoms with van der Waals surface area (Å²) in [5, 5.41) is 4.09. The Bertz CT molecular complexity index is 900. The number of imidazole rings is 1. The van der Waals surface area contributed by atoms with Gasteiger partial charge in [-0.05, 0) is 49.6 Å². The molecule has 2 aromatic heterocycles. The molecule has 0 aliphatic rings. The minimum atomic E-state index is 0.547. The second-order valence-corrected chi connectivity index (χ2v) is 6.13. The smallest absolute Gasteiger partial charge is 0.210 e. The highest BCUT2D eigenvalue weighted by atomic mass is 16.5. The van der Waals surface area contributed by atoms with Gasteiger partial charge in [-0.3, -0.25) is 0 Å². The molecule has 0 unspecified atom stereocenters. The highest BCUT2D eigenvalue weighted by molar-refractivity contribution is 5.41. The number of aryl methyl sites for hydroxylation is 1. The van der Waals surface area contributed by atoms with Gasteiger partial charge in [0.2, 0.25) is 5.76 Å². The van der Waals surface area contributed by atoms with Gasteiger partial charge in [-0.15, -0.1) is 0 Å². The van der Waals surface area contributed by atoms with Crippen LogP contribution in [0.5, 0.6) is 5.75 Å². The van der Waals surface area contributed by atoms with Crippen LogP contribution in [0.15, 0.2) is 47.2 Å². The van der Waals surface area contributed by atoms with Crippen molar-refractivity contribution < 1.29 is 9.26 Å². The first-order valence-corrected chi connectivity index (χ1v) is 9.19. The molecule has 0 aliphatic heterocycles. The molecule has 0 aliphatic carbocycles. The molecule has 3 aromatic rings. The molecular formula is C21H24N4O2. The summed E-state index contributed by atoms with van der Waals surface area (Å²) >= 11 is 0. The summed E-state index contributed by atoms with van der Waals surface area (Å²) < 4.78 is 13.0. The van der Waals surface area contributed by atoms with Gasteiger partial charge in [0.25, 0.3) is 0 Å². The van der Waals surface area contributed by atoms with Crippen molar-refractivity contribution in [3.8, 4) is 17.6 Å². The molecule has 2 N–H and O–H groups in total. The maximum atomic E-state index is 5.66. The van der Waals surface area contributed by atoms with E-state index in [0.717, 1.165) is 42.1 Å². The van der Waals surface area contributed by atoms with Gasteiger partial charge >= 0.3 is 0 Å². The molecule has 6 heteroatoms. The molecule has 0 spiro atoms. The van der Waals surface area contributed by atoms with Gasteiger partial charge in [-0.25, -0.2) is 4.98 Å². The zero-order valence-electron chi connectivity index (χ0n) is 15.5. The first-order chi connectivity index (χ1) is 13.3. The zero-order chi connectivity index (χ0) is 18.9. The first kappa shape index (κ1) is 18.7. The van der Waals surface area contributed by atoms with Crippen molar-refractivity contribution in [1.29, 1.82) is 0 Å². The molecule has 0 amide bonds. The van der Waals surface area contributed by atoms with E-state index < -0.39 is 0 Å². The molecular weight excluding hydrogens is 340 g/mol. The van der Waals surface area contributed by atoms with Crippen LogP contribution in [0.25, 0.3) is 0 Å². The molecule has 1 aromatic carbocycles. The van der Waals surface area contributed by atoms with Crippen molar-refractivity contribution in [2.45, 2.75) is 32.7 Å². The quantitative estimate of drug-likeness (QED) is 0.491. The standard InChI is InChI=1S/C21H24N4O2/c1-2-21-23-12-13-25(21)16-18-15-20(27-24-18)10-7-17-5-8-19(9-6-17)26-14-4-3-11-22/h5-6,8-9,12-13,15H,2-4,11,14,16,22H2,1H3. The third-order valence-electron chi connectivity index (χ3n) is 4.06. The summed E-state index contributed by atoms with van der Waals surface area (Å²) in [5.74, 6) is 8.50. The minimum absolute atomic E-state index is 0.547. The van der Waals surface area contributed by atoms with Crippen LogP contribution < -0.4 is 10.5 Å². The lowest BCUT2D eigenvalue weighted by atomic mass is 10.2. The zero-order valence-corrected chi connectivity index (χ0v) is 15.5. The lowest BCUT2D eigenvalue weighted by molar-refractivity contribution is 0.308. The number of unbranched alkanes of at least 4 members (excludes halogenated alkanes) is 1. The maximum Gasteiger partial charge on any atom is 0.210 e. The highest BCUT2D eigenvalue weighted by Crippen LogP contribution is 2.12. The Morgan fingerprint density at radius 2 is 2.04 bits per heavy atom. The Labute approximate surface area is 159 Å². The van der Waals surface area contributed by atoms with Crippen molar-refractivity contribution in [3.05, 3.63) is 65.6 Å². The van der Waals surface area contributed by atoms with Crippen LogP contribution in [0.3, 0.4) is 0 Å². The molecule has 0 radical (unpaired) electrons. The first-order valence-electron chi connectivity index (χ1n) is 9.19. The molecule has 140 valence electrons. The average molecular weight is 364 g/mol. The summed E-state index contributed by atoms with van der Waals surface area (Å²) in [4.78, 5) is 4.31. The van der Waals surface area contributed by atoms with Crippen LogP contribution in [-0.2, 0) is 13.0 Å². The fourth-order valence-corrected chi connectivity index (χ4v) is 2.62. The molecule has 3 rings (SSSR count). The maximum absolute atomic E-state index is 5.66. The number of ether oxygens (including phenoxy) is 1. The van der Waals surface area contributed by atoms with Crippen molar-refractivity contribution in [3.63, 3.8) is 0 Å². The van der Waals surface area contributed by atoms with Gasteiger partial charge in [-0.2, -0.15) is 0 Å². The number of nitrogens with zero attached hydrogens (tertiary/aromatic N) is 3. The van der Waals surface area contributed by atoms with Gasteiger partial charge in [0, 0.05) is 30.4 Å². The second-order valence-electron chi connectivity index (χ2n) is 6.13. The van der Waals surface area contributed by atoms with Crippen molar-refractivity contribution in [2.75, 3.05) is 13.2 Å². The number of hydrogen-bond donors (Lipinski definition) is 1. The molecule has 0 saturated carbocycles. The normalized spacial score (nSPS) is 10.4. The van der Waals surface area contributed by atoms with E-state index >= 15 is 0 Å². The summed E-state index contributed by atoms with van der Waals surface area (Å²) in [6.07, 6.45) is 6.56. The van der Waals surface area contributed by atoms with E-state index in [9.17, 15) is 0 Å². The van der Waals surface area contributed by atoms with E-state index in [1.165, 1.54) is 0 Å². The minimum Gasteiger partial charge on any atom is -0.494 e. The third-order valence-corrected chi connectivity index (χ3v) is 4.06. The Morgan fingerprint density at radius 1 is 1.19 bits per heavy atom. The summed E-state index contributed by atoms with van der Waals surface area (Å²) in [6, 6.07) is 9.57. The van der Waals surface area contributed by atoms with Gasteiger partial charge in [-0.1, -0.05) is 18.0 Å². The van der Waals surface area contributed by atoms with Crippen LogP contribution in [0.2, 0.25) is 0 Å². The average Bonchev–Trinajstić information content (AvgIpc) is 3.34. The molecule has 2 heterocycles. The van der Waals surface area contributed by atoms with Crippen LogP contribution in [-0.4, -0.2) is 27.9 Å². The van der Waals surface area contributed by atoms with Gasteiger partial charge < -0.3 is 19.6 Å². The monoisotopic (exact) mass is 364 g/mol. The summed E-state index contributed by atoms with van der Waals surface area (Å²) in [5.41, 5.74) is 7.19. The topological polar surface area (TPSA) is 79.1 Å². The van der Waals surface area contributed by atoms with Gasteiger partial charge in [0.05, 0.1) is 13.2 Å². The van der Waals surface area contributed by atoms with Crippen LogP contribution >= 0.6 is 0 Å². The fraction of sp³-hybridized carbons (Fsp3) is 0.333. The summed E-state index contributed by atoms with van der Waals surface area (Å²) in [6.45, 7) is 4.09. The molecule has 0 bridgehead atoms. The number of nitrogens with two attached hydrogens (primary N) is 1. The number of aromatic nitrogens is 3. The molecule has 0 saturated heterocycles. The number of hydrogen-bond acceptors (Lipinski definition) is 5.